The van der Waals surface area contributed by atoms with Crippen molar-refractivity contribution >= 4 is 0 Å². The van der Waals surface area contributed by atoms with Crippen molar-refractivity contribution in [1.82, 2.24) is 0 Å². The van der Waals surface area contributed by atoms with Gasteiger partial charge in [0.1, 0.15) is 0 Å². The van der Waals surface area contributed by atoms with Crippen LogP contribution in [0.3, 0.4) is 0 Å². The molecule has 0 atom stereocenters. The van der Waals surface area contributed by atoms with Crippen LogP contribution in [-0.2, 0) is 0 Å². The fraction of sp³-hybridized carbons (Fsp3) is 0.571. The number of hydrogen-bond donors (Lipinski definition) is 0. The molecule has 0 aromatic carbocycles. The third-order valence-electron chi connectivity index (χ3n) is 2.91. The maximum atomic E-state index is 2.29. The van der Waals surface area contributed by atoms with E-state index in [4.69, 9.17) is 0 Å². The molecule has 0 saturated heterocycles. The number of allylic oxidation sites excluding steroid dienone is 6. The summed E-state index contributed by atoms with van der Waals surface area (Å²) in [6, 6.07) is 0. The van der Waals surface area contributed by atoms with Crippen molar-refractivity contribution in [2.45, 2.75) is 52.4 Å². The van der Waals surface area contributed by atoms with E-state index in [0.29, 0.717) is 0 Å². The zero-order valence-corrected chi connectivity index (χ0v) is 9.55. The number of rotatable bonds is 4. The second-order valence-electron chi connectivity index (χ2n) is 3.96. The summed E-state index contributed by atoms with van der Waals surface area (Å²) in [5, 5.41) is 0. The first kappa shape index (κ1) is 11.3. The molecule has 0 nitrogen and oxygen atoms in total. The highest BCUT2D eigenvalue weighted by Gasteiger charge is 2.09. The predicted octanol–water partition coefficient (Wildman–Crippen LogP) is 4.79. The highest BCUT2D eigenvalue weighted by molar-refractivity contribution is 5.21. The molecule has 0 spiro atoms. The van der Waals surface area contributed by atoms with Crippen molar-refractivity contribution in [2.24, 2.45) is 0 Å². The summed E-state index contributed by atoms with van der Waals surface area (Å²) in [4.78, 5) is 0. The first-order valence-electron chi connectivity index (χ1n) is 5.80. The van der Waals surface area contributed by atoms with Gasteiger partial charge in [-0.2, -0.15) is 0 Å². The third-order valence-corrected chi connectivity index (χ3v) is 2.91. The van der Waals surface area contributed by atoms with Gasteiger partial charge in [0.25, 0.3) is 0 Å². The maximum absolute atomic E-state index is 2.29. The van der Waals surface area contributed by atoms with Crippen molar-refractivity contribution in [3.8, 4) is 0 Å². The molecule has 0 unspecified atom stereocenters. The molecule has 0 aromatic heterocycles. The van der Waals surface area contributed by atoms with E-state index < -0.39 is 0 Å². The Morgan fingerprint density at radius 3 is 1.64 bits per heavy atom. The van der Waals surface area contributed by atoms with Gasteiger partial charge in [0, 0.05) is 0 Å². The SMILES string of the molecule is CC=CCC1=C(CC=CC)CCCC1. The molecular weight excluding hydrogens is 168 g/mol. The number of hydrogen-bond acceptors (Lipinski definition) is 0. The molecule has 0 saturated carbocycles. The summed E-state index contributed by atoms with van der Waals surface area (Å²) in [5.74, 6) is 0. The van der Waals surface area contributed by atoms with Crippen LogP contribution in [0.5, 0.6) is 0 Å². The Balaban J connectivity index is 2.63. The molecule has 0 heterocycles. The fourth-order valence-corrected chi connectivity index (χ4v) is 2.04. The zero-order chi connectivity index (χ0) is 10.2. The Labute approximate surface area is 88.4 Å². The predicted molar refractivity (Wildman–Crippen MR) is 64.4 cm³/mol. The lowest BCUT2D eigenvalue weighted by atomic mass is 9.88. The molecule has 1 aliphatic carbocycles. The van der Waals surface area contributed by atoms with Crippen molar-refractivity contribution < 1.29 is 0 Å². The van der Waals surface area contributed by atoms with Crippen molar-refractivity contribution in [1.29, 1.82) is 0 Å². The second kappa shape index (κ2) is 6.64. The topological polar surface area (TPSA) is 0 Å². The Morgan fingerprint density at radius 1 is 0.857 bits per heavy atom. The summed E-state index contributed by atoms with van der Waals surface area (Å²) >= 11 is 0. The van der Waals surface area contributed by atoms with E-state index in [-0.39, 0.29) is 0 Å². The summed E-state index contributed by atoms with van der Waals surface area (Å²) < 4.78 is 0. The van der Waals surface area contributed by atoms with E-state index in [1.807, 2.05) is 0 Å². The first-order chi connectivity index (χ1) is 6.88. The van der Waals surface area contributed by atoms with E-state index >= 15 is 0 Å². The molecule has 0 bridgehead atoms. The average Bonchev–Trinajstić information content (AvgIpc) is 2.24. The fourth-order valence-electron chi connectivity index (χ4n) is 2.04. The van der Waals surface area contributed by atoms with Gasteiger partial charge in [0.2, 0.25) is 0 Å². The highest BCUT2D eigenvalue weighted by atomic mass is 14.2. The summed E-state index contributed by atoms with van der Waals surface area (Å²) in [6.45, 7) is 4.21. The van der Waals surface area contributed by atoms with E-state index in [9.17, 15) is 0 Å². The lowest BCUT2D eigenvalue weighted by molar-refractivity contribution is 0.652. The quantitative estimate of drug-likeness (QED) is 0.559. The van der Waals surface area contributed by atoms with Gasteiger partial charge in [-0.3, -0.25) is 0 Å². The summed E-state index contributed by atoms with van der Waals surface area (Å²) in [7, 11) is 0. The Hall–Kier alpha value is -0.780. The molecule has 14 heavy (non-hydrogen) atoms. The molecule has 78 valence electrons. The maximum Gasteiger partial charge on any atom is -0.0136 e. The molecule has 1 rings (SSSR count). The normalized spacial score (nSPS) is 18.7. The van der Waals surface area contributed by atoms with Gasteiger partial charge in [0.15, 0.2) is 0 Å². The molecule has 0 aromatic rings. The van der Waals surface area contributed by atoms with Crippen LogP contribution in [0.25, 0.3) is 0 Å². The van der Waals surface area contributed by atoms with Crippen molar-refractivity contribution in [3.05, 3.63) is 35.5 Å². The van der Waals surface area contributed by atoms with E-state index in [0.717, 1.165) is 0 Å². The largest absolute Gasteiger partial charge is 0.0913 e. The standard InChI is InChI=1S/C14H22/c1-3-5-9-13-11-7-8-12-14(13)10-6-4-2/h3-6H,7-12H2,1-2H3. The summed E-state index contributed by atoms with van der Waals surface area (Å²) in [6.07, 6.45) is 16.7. The zero-order valence-electron chi connectivity index (χ0n) is 9.55. The average molecular weight is 190 g/mol. The van der Waals surface area contributed by atoms with Crippen LogP contribution in [0.15, 0.2) is 35.5 Å². The monoisotopic (exact) mass is 190 g/mol. The lowest BCUT2D eigenvalue weighted by Gasteiger charge is -2.18. The van der Waals surface area contributed by atoms with Crippen LogP contribution >= 0.6 is 0 Å². The molecule has 0 radical (unpaired) electrons. The van der Waals surface area contributed by atoms with Crippen LogP contribution in [0.1, 0.15) is 52.4 Å². The minimum atomic E-state index is 1.18. The van der Waals surface area contributed by atoms with E-state index in [1.165, 1.54) is 38.5 Å². The van der Waals surface area contributed by atoms with Gasteiger partial charge >= 0.3 is 0 Å². The second-order valence-corrected chi connectivity index (χ2v) is 3.96. The van der Waals surface area contributed by atoms with Gasteiger partial charge in [-0.25, -0.2) is 0 Å². The van der Waals surface area contributed by atoms with Crippen LogP contribution < -0.4 is 0 Å². The molecule has 0 amide bonds. The van der Waals surface area contributed by atoms with E-state index in [2.05, 4.69) is 38.2 Å². The molecular formula is C14H22. The molecule has 0 heteroatoms. The Morgan fingerprint density at radius 2 is 1.29 bits per heavy atom. The Bertz CT molecular complexity index is 215. The first-order valence-corrected chi connectivity index (χ1v) is 5.80. The van der Waals surface area contributed by atoms with Crippen LogP contribution in [0, 0.1) is 0 Å². The highest BCUT2D eigenvalue weighted by Crippen LogP contribution is 2.29. The Kier molecular flexibility index (Phi) is 5.36. The molecule has 1 aliphatic rings. The lowest BCUT2D eigenvalue weighted by Crippen LogP contribution is -1.98. The van der Waals surface area contributed by atoms with Crippen LogP contribution in [0.2, 0.25) is 0 Å². The van der Waals surface area contributed by atoms with Gasteiger partial charge in [-0.05, 0) is 52.4 Å². The minimum Gasteiger partial charge on any atom is -0.0913 e. The van der Waals surface area contributed by atoms with Gasteiger partial charge < -0.3 is 0 Å². The molecule has 0 fully saturated rings. The van der Waals surface area contributed by atoms with Crippen molar-refractivity contribution in [2.75, 3.05) is 0 Å². The van der Waals surface area contributed by atoms with Gasteiger partial charge in [0.05, 0.1) is 0 Å². The molecule has 0 N–H and O–H groups in total. The van der Waals surface area contributed by atoms with E-state index in [1.54, 1.807) is 11.1 Å². The minimum absolute atomic E-state index is 1.18. The van der Waals surface area contributed by atoms with Crippen LogP contribution in [-0.4, -0.2) is 0 Å². The smallest absolute Gasteiger partial charge is 0.0136 e. The van der Waals surface area contributed by atoms with Crippen LogP contribution in [0.4, 0.5) is 0 Å². The van der Waals surface area contributed by atoms with Crippen molar-refractivity contribution in [3.63, 3.8) is 0 Å². The molecule has 0 aliphatic heterocycles. The van der Waals surface area contributed by atoms with Gasteiger partial charge in [-0.15, -0.1) is 0 Å². The summed E-state index contributed by atoms with van der Waals surface area (Å²) in [5.41, 5.74) is 3.40. The third kappa shape index (κ3) is 3.53. The van der Waals surface area contributed by atoms with Gasteiger partial charge in [-0.1, -0.05) is 35.5 Å².